The van der Waals surface area contributed by atoms with Crippen LogP contribution in [0.2, 0.25) is 0 Å². The van der Waals surface area contributed by atoms with E-state index in [1.165, 1.54) is 15.9 Å². The molecule has 0 amide bonds. The summed E-state index contributed by atoms with van der Waals surface area (Å²) >= 11 is 0. The molecule has 0 saturated carbocycles. The predicted molar refractivity (Wildman–Crippen MR) is 140 cm³/mol. The molecule has 0 aliphatic rings. The first-order valence-electron chi connectivity index (χ1n) is 11.6. The van der Waals surface area contributed by atoms with Gasteiger partial charge < -0.3 is 9.47 Å². The Labute approximate surface area is 218 Å². The van der Waals surface area contributed by atoms with Gasteiger partial charge >= 0.3 is 5.97 Å². The molecule has 0 N–H and O–H groups in total. The molecule has 0 saturated heterocycles. The van der Waals surface area contributed by atoms with Crippen molar-refractivity contribution in [3.8, 4) is 17.6 Å². The number of carbonyl (C=O) groups is 1. The highest BCUT2D eigenvalue weighted by Crippen LogP contribution is 2.31. The minimum atomic E-state index is -1.19. The number of rotatable bonds is 7. The predicted octanol–water partition coefficient (Wildman–Crippen LogP) is 6.81. The van der Waals surface area contributed by atoms with Gasteiger partial charge in [-0.2, -0.15) is 0 Å². The third-order valence-corrected chi connectivity index (χ3v) is 7.40. The first kappa shape index (κ1) is 26.0. The number of carbonyl (C=O) groups excluding carboxylic acids is 1. The largest absolute Gasteiger partial charge is 0.482 e. The molecule has 0 spiro atoms. The molecular formula is C31H25F2O3S+. The number of halogens is 2. The van der Waals surface area contributed by atoms with E-state index in [4.69, 9.17) is 9.47 Å². The molecule has 0 unspecified atom stereocenters. The zero-order valence-corrected chi connectivity index (χ0v) is 21.2. The maximum Gasteiger partial charge on any atom is 0.345 e. The van der Waals surface area contributed by atoms with Gasteiger partial charge in [-0.05, 0) is 74.5 Å². The molecule has 0 fully saturated rings. The highest BCUT2D eigenvalue weighted by Gasteiger charge is 2.28. The van der Waals surface area contributed by atoms with Crippen molar-refractivity contribution in [1.29, 1.82) is 0 Å². The molecule has 0 heterocycles. The zero-order chi connectivity index (χ0) is 26.3. The summed E-state index contributed by atoms with van der Waals surface area (Å²) in [5.74, 6) is 3.76. The van der Waals surface area contributed by atoms with Crippen LogP contribution in [-0.2, 0) is 20.4 Å². The Kier molecular flexibility index (Phi) is 8.27. The summed E-state index contributed by atoms with van der Waals surface area (Å²) in [7, 11) is -0.280. The van der Waals surface area contributed by atoms with Gasteiger partial charge in [0.15, 0.2) is 26.9 Å². The van der Waals surface area contributed by atoms with Crippen molar-refractivity contribution < 1.29 is 23.0 Å². The van der Waals surface area contributed by atoms with Crippen LogP contribution in [0.25, 0.3) is 0 Å². The van der Waals surface area contributed by atoms with E-state index in [9.17, 15) is 13.6 Å². The van der Waals surface area contributed by atoms with Gasteiger partial charge in [0.1, 0.15) is 17.4 Å². The Balaban J connectivity index is 1.39. The molecule has 37 heavy (non-hydrogen) atoms. The molecule has 0 aliphatic heterocycles. The van der Waals surface area contributed by atoms with Gasteiger partial charge in [0.2, 0.25) is 0 Å². The quantitative estimate of drug-likeness (QED) is 0.154. The fourth-order valence-corrected chi connectivity index (χ4v) is 5.57. The summed E-state index contributed by atoms with van der Waals surface area (Å²) in [6.45, 7) is 2.86. The third kappa shape index (κ3) is 7.22. The number of esters is 1. The van der Waals surface area contributed by atoms with Gasteiger partial charge in [-0.3, -0.25) is 0 Å². The maximum atomic E-state index is 13.8. The van der Waals surface area contributed by atoms with Crippen molar-refractivity contribution in [2.75, 3.05) is 6.61 Å². The second-order valence-electron chi connectivity index (χ2n) is 8.55. The Hall–Kier alpha value is -4.08. The number of hydrogen-bond acceptors (Lipinski definition) is 3. The lowest BCUT2D eigenvalue weighted by atomic mass is 10.1. The van der Waals surface area contributed by atoms with Gasteiger partial charge in [0, 0.05) is 6.07 Å². The van der Waals surface area contributed by atoms with Gasteiger partial charge in [-0.1, -0.05) is 48.2 Å². The average molecular weight is 516 g/mol. The average Bonchev–Trinajstić information content (AvgIpc) is 2.89. The van der Waals surface area contributed by atoms with Crippen LogP contribution in [0.3, 0.4) is 0 Å². The molecule has 6 heteroatoms. The maximum absolute atomic E-state index is 13.8. The summed E-state index contributed by atoms with van der Waals surface area (Å²) in [6, 6.07) is 31.4. The molecule has 0 atom stereocenters. The fraction of sp³-hybridized carbons (Fsp3) is 0.129. The number of ether oxygens (including phenoxy) is 2. The van der Waals surface area contributed by atoms with E-state index in [2.05, 4.69) is 36.1 Å². The van der Waals surface area contributed by atoms with Crippen molar-refractivity contribution in [2.45, 2.75) is 34.1 Å². The third-order valence-electron chi connectivity index (χ3n) is 5.17. The number of hydrogen-bond donors (Lipinski definition) is 0. The van der Waals surface area contributed by atoms with E-state index in [1.54, 1.807) is 13.8 Å². The summed E-state index contributed by atoms with van der Waals surface area (Å²) < 4.78 is 37.9. The summed E-state index contributed by atoms with van der Waals surface area (Å²) in [4.78, 5) is 15.9. The molecule has 0 aliphatic carbocycles. The van der Waals surface area contributed by atoms with E-state index >= 15 is 0 Å². The molecular weight excluding hydrogens is 490 g/mol. The molecule has 0 bridgehead atoms. The first-order valence-corrected chi connectivity index (χ1v) is 12.8. The van der Waals surface area contributed by atoms with Gasteiger partial charge in [-0.25, -0.2) is 13.6 Å². The molecule has 4 aromatic carbocycles. The van der Waals surface area contributed by atoms with Crippen LogP contribution in [0.4, 0.5) is 8.78 Å². The lowest BCUT2D eigenvalue weighted by Gasteiger charge is -2.19. The molecule has 4 rings (SSSR count). The standard InChI is InChI=1S/C31H25F2O3S/c1-31(2,20-19-23-13-14-24(32)21-29(23)33)36-30(34)22-35-25-15-17-28(18-16-25)37(26-9-5-3-6-10-26)27-11-7-4-8-12-27/h3-18,21H,22H2,1-2H3/q+1. The van der Waals surface area contributed by atoms with E-state index < -0.39 is 23.2 Å². The smallest absolute Gasteiger partial charge is 0.345 e. The number of benzene rings is 4. The SMILES string of the molecule is CC(C)(C#Cc1ccc(F)cc1F)OC(=O)COc1ccc([S+](c2ccccc2)c2ccccc2)cc1. The fourth-order valence-electron chi connectivity index (χ4n) is 3.48. The Morgan fingerprint density at radius 1 is 0.811 bits per heavy atom. The molecule has 4 aromatic rings. The van der Waals surface area contributed by atoms with Crippen LogP contribution in [0, 0.1) is 23.5 Å². The molecule has 3 nitrogen and oxygen atoms in total. The molecule has 0 radical (unpaired) electrons. The minimum absolute atomic E-state index is 0.0203. The Bertz CT molecular complexity index is 1370. The second kappa shape index (κ2) is 11.8. The Morgan fingerprint density at radius 2 is 1.38 bits per heavy atom. The lowest BCUT2D eigenvalue weighted by Crippen LogP contribution is -2.29. The van der Waals surface area contributed by atoms with Crippen LogP contribution >= 0.6 is 0 Å². The van der Waals surface area contributed by atoms with E-state index in [-0.39, 0.29) is 23.1 Å². The summed E-state index contributed by atoms with van der Waals surface area (Å²) in [5, 5.41) is 0. The normalized spacial score (nSPS) is 10.9. The lowest BCUT2D eigenvalue weighted by molar-refractivity contribution is -0.154. The summed E-state index contributed by atoms with van der Waals surface area (Å²) in [5.41, 5.74) is -1.17. The van der Waals surface area contributed by atoms with Crippen LogP contribution in [-0.4, -0.2) is 18.2 Å². The molecule has 186 valence electrons. The second-order valence-corrected chi connectivity index (χ2v) is 10.6. The van der Waals surface area contributed by atoms with Crippen LogP contribution < -0.4 is 4.74 Å². The van der Waals surface area contributed by atoms with Crippen molar-refractivity contribution in [3.05, 3.63) is 120 Å². The van der Waals surface area contributed by atoms with E-state index in [1.807, 2.05) is 60.7 Å². The van der Waals surface area contributed by atoms with Crippen LogP contribution in [0.1, 0.15) is 19.4 Å². The van der Waals surface area contributed by atoms with Crippen molar-refractivity contribution >= 4 is 16.9 Å². The van der Waals surface area contributed by atoms with E-state index in [0.717, 1.165) is 17.0 Å². The highest BCUT2D eigenvalue weighted by molar-refractivity contribution is 7.97. The van der Waals surface area contributed by atoms with Gasteiger partial charge in [-0.15, -0.1) is 0 Å². The van der Waals surface area contributed by atoms with Crippen molar-refractivity contribution in [1.82, 2.24) is 0 Å². The van der Waals surface area contributed by atoms with Crippen LogP contribution in [0.15, 0.2) is 118 Å². The van der Waals surface area contributed by atoms with Crippen LogP contribution in [0.5, 0.6) is 5.75 Å². The van der Waals surface area contributed by atoms with Gasteiger partial charge in [0.05, 0.1) is 16.5 Å². The van der Waals surface area contributed by atoms with Crippen molar-refractivity contribution in [3.63, 3.8) is 0 Å². The van der Waals surface area contributed by atoms with E-state index in [0.29, 0.717) is 5.75 Å². The molecule has 0 aromatic heterocycles. The zero-order valence-electron chi connectivity index (χ0n) is 20.4. The van der Waals surface area contributed by atoms with Crippen molar-refractivity contribution in [2.24, 2.45) is 0 Å². The highest BCUT2D eigenvalue weighted by atomic mass is 32.2. The minimum Gasteiger partial charge on any atom is -0.482 e. The Morgan fingerprint density at radius 3 is 1.95 bits per heavy atom. The summed E-state index contributed by atoms with van der Waals surface area (Å²) in [6.07, 6.45) is 0. The monoisotopic (exact) mass is 515 g/mol. The van der Waals surface area contributed by atoms with Gasteiger partial charge in [0.25, 0.3) is 0 Å². The first-order chi connectivity index (χ1) is 17.8. The topological polar surface area (TPSA) is 35.5 Å².